The van der Waals surface area contributed by atoms with Gasteiger partial charge in [0.05, 0.1) is 22.9 Å². The zero-order valence-electron chi connectivity index (χ0n) is 12.4. The van der Waals surface area contributed by atoms with E-state index in [-0.39, 0.29) is 10.7 Å². The molecule has 0 fully saturated rings. The van der Waals surface area contributed by atoms with Crippen molar-refractivity contribution in [1.29, 1.82) is 0 Å². The van der Waals surface area contributed by atoms with Gasteiger partial charge in [-0.1, -0.05) is 35.9 Å². The highest BCUT2D eigenvalue weighted by molar-refractivity contribution is 6.41. The van der Waals surface area contributed by atoms with Gasteiger partial charge >= 0.3 is 11.8 Å². The molecule has 0 heterocycles. The molecule has 0 saturated carbocycles. The van der Waals surface area contributed by atoms with E-state index in [1.165, 1.54) is 6.07 Å². The number of aliphatic hydroxyl groups excluding tert-OH is 1. The number of carbonyl (C=O) groups excluding carboxylic acids is 2. The van der Waals surface area contributed by atoms with Crippen LogP contribution in [-0.4, -0.2) is 23.0 Å². The van der Waals surface area contributed by atoms with Crippen LogP contribution in [0.5, 0.6) is 0 Å². The molecule has 124 valence electrons. The molecule has 1 aliphatic carbocycles. The summed E-state index contributed by atoms with van der Waals surface area (Å²) < 4.78 is 13.2. The summed E-state index contributed by atoms with van der Waals surface area (Å²) in [6.07, 6.45) is -0.407. The number of aliphatic hydroxyl groups is 1. The van der Waals surface area contributed by atoms with Crippen LogP contribution in [0, 0.1) is 5.82 Å². The van der Waals surface area contributed by atoms with E-state index in [2.05, 4.69) is 10.6 Å². The van der Waals surface area contributed by atoms with Gasteiger partial charge in [0.25, 0.3) is 0 Å². The van der Waals surface area contributed by atoms with Crippen molar-refractivity contribution < 1.29 is 19.1 Å². The molecule has 7 heteroatoms. The van der Waals surface area contributed by atoms with Gasteiger partial charge in [0.2, 0.25) is 0 Å². The van der Waals surface area contributed by atoms with Crippen molar-refractivity contribution in [1.82, 2.24) is 5.32 Å². The molecule has 2 aromatic rings. The molecule has 2 atom stereocenters. The standard InChI is InChI=1S/C17H14ClFN2O3/c18-12-6-5-10(19)8-13(12)20-16(23)17(24)21-15-11-4-2-1-3-9(11)7-14(15)22/h1-6,8,14-15,22H,7H2,(H,20,23)(H,21,24). The second kappa shape index (κ2) is 6.59. The summed E-state index contributed by atoms with van der Waals surface area (Å²) >= 11 is 5.85. The Balaban J connectivity index is 1.71. The maximum absolute atomic E-state index is 13.2. The number of halogens is 2. The summed E-state index contributed by atoms with van der Waals surface area (Å²) in [5, 5.41) is 15.0. The Morgan fingerprint density at radius 1 is 1.17 bits per heavy atom. The Morgan fingerprint density at radius 2 is 1.92 bits per heavy atom. The summed E-state index contributed by atoms with van der Waals surface area (Å²) in [4.78, 5) is 24.1. The maximum atomic E-state index is 13.2. The molecule has 5 nitrogen and oxygen atoms in total. The third-order valence-electron chi connectivity index (χ3n) is 3.87. The lowest BCUT2D eigenvalue weighted by Gasteiger charge is -2.17. The molecule has 3 N–H and O–H groups in total. The Labute approximate surface area is 142 Å². The monoisotopic (exact) mass is 348 g/mol. The van der Waals surface area contributed by atoms with Crippen LogP contribution in [0.3, 0.4) is 0 Å². The second-order valence-electron chi connectivity index (χ2n) is 5.50. The van der Waals surface area contributed by atoms with Gasteiger partial charge in [0.1, 0.15) is 5.82 Å². The van der Waals surface area contributed by atoms with Crippen molar-refractivity contribution in [2.45, 2.75) is 18.6 Å². The SMILES string of the molecule is O=C(Nc1cc(F)ccc1Cl)C(=O)NC1c2ccccc2CC1O. The van der Waals surface area contributed by atoms with Gasteiger partial charge in [-0.25, -0.2) is 4.39 Å². The zero-order chi connectivity index (χ0) is 17.3. The van der Waals surface area contributed by atoms with E-state index in [9.17, 15) is 19.1 Å². The average molecular weight is 349 g/mol. The normalized spacial score (nSPS) is 18.8. The summed E-state index contributed by atoms with van der Waals surface area (Å²) in [5.74, 6) is -2.51. The predicted octanol–water partition coefficient (Wildman–Crippen LogP) is 2.19. The van der Waals surface area contributed by atoms with Gasteiger partial charge in [-0.2, -0.15) is 0 Å². The van der Waals surface area contributed by atoms with Crippen molar-refractivity contribution in [2.75, 3.05) is 5.32 Å². The first-order valence-corrected chi connectivity index (χ1v) is 7.66. The average Bonchev–Trinajstić information content (AvgIpc) is 2.86. The lowest BCUT2D eigenvalue weighted by molar-refractivity contribution is -0.137. The van der Waals surface area contributed by atoms with E-state index >= 15 is 0 Å². The largest absolute Gasteiger partial charge is 0.390 e. The number of hydrogen-bond donors (Lipinski definition) is 3. The molecule has 0 saturated heterocycles. The van der Waals surface area contributed by atoms with Gasteiger partial charge in [0.15, 0.2) is 0 Å². The first-order chi connectivity index (χ1) is 11.5. The minimum absolute atomic E-state index is 0.00388. The fraction of sp³-hybridized carbons (Fsp3) is 0.176. The van der Waals surface area contributed by atoms with Crippen molar-refractivity contribution in [3.05, 3.63) is 64.4 Å². The Hall–Kier alpha value is -2.44. The number of amides is 2. The van der Waals surface area contributed by atoms with Crippen LogP contribution in [0.1, 0.15) is 17.2 Å². The third-order valence-corrected chi connectivity index (χ3v) is 4.20. The summed E-state index contributed by atoms with van der Waals surface area (Å²) in [6, 6.07) is 10.1. The number of carbonyl (C=O) groups is 2. The molecule has 0 bridgehead atoms. The minimum Gasteiger partial charge on any atom is -0.390 e. The van der Waals surface area contributed by atoms with E-state index in [0.717, 1.165) is 23.3 Å². The number of nitrogens with one attached hydrogen (secondary N) is 2. The number of hydrogen-bond acceptors (Lipinski definition) is 3. The number of anilines is 1. The number of fused-ring (bicyclic) bond motifs is 1. The molecule has 1 aliphatic rings. The molecular weight excluding hydrogens is 335 g/mol. The fourth-order valence-electron chi connectivity index (χ4n) is 2.73. The molecule has 0 radical (unpaired) electrons. The van der Waals surface area contributed by atoms with E-state index in [1.807, 2.05) is 12.1 Å². The van der Waals surface area contributed by atoms with E-state index in [0.29, 0.717) is 6.42 Å². The Kier molecular flexibility index (Phi) is 4.51. The summed E-state index contributed by atoms with van der Waals surface area (Å²) in [7, 11) is 0. The van der Waals surface area contributed by atoms with E-state index < -0.39 is 29.8 Å². The smallest absolute Gasteiger partial charge is 0.313 e. The topological polar surface area (TPSA) is 78.4 Å². The minimum atomic E-state index is -0.987. The molecule has 2 aromatic carbocycles. The summed E-state index contributed by atoms with van der Waals surface area (Å²) in [5.41, 5.74) is 1.70. The van der Waals surface area contributed by atoms with Gasteiger partial charge in [0, 0.05) is 6.42 Å². The van der Waals surface area contributed by atoms with E-state index in [4.69, 9.17) is 11.6 Å². The number of rotatable bonds is 2. The molecule has 0 aliphatic heterocycles. The highest BCUT2D eigenvalue weighted by Gasteiger charge is 2.33. The lowest BCUT2D eigenvalue weighted by atomic mass is 10.1. The molecular formula is C17H14ClFN2O3. The van der Waals surface area contributed by atoms with Gasteiger partial charge in [-0.3, -0.25) is 9.59 Å². The molecule has 3 rings (SSSR count). The zero-order valence-corrected chi connectivity index (χ0v) is 13.2. The first-order valence-electron chi connectivity index (χ1n) is 7.28. The van der Waals surface area contributed by atoms with Crippen LogP contribution in [0.25, 0.3) is 0 Å². The van der Waals surface area contributed by atoms with Gasteiger partial charge in [-0.15, -0.1) is 0 Å². The maximum Gasteiger partial charge on any atom is 0.313 e. The fourth-order valence-corrected chi connectivity index (χ4v) is 2.89. The molecule has 0 aromatic heterocycles. The van der Waals surface area contributed by atoms with Crippen LogP contribution >= 0.6 is 11.6 Å². The van der Waals surface area contributed by atoms with Crippen molar-refractivity contribution in [2.24, 2.45) is 0 Å². The molecule has 24 heavy (non-hydrogen) atoms. The van der Waals surface area contributed by atoms with Gasteiger partial charge in [-0.05, 0) is 29.3 Å². The van der Waals surface area contributed by atoms with Crippen molar-refractivity contribution in [3.63, 3.8) is 0 Å². The van der Waals surface area contributed by atoms with Crippen molar-refractivity contribution >= 4 is 29.1 Å². The van der Waals surface area contributed by atoms with E-state index in [1.54, 1.807) is 12.1 Å². The highest BCUT2D eigenvalue weighted by Crippen LogP contribution is 2.31. The Morgan fingerprint density at radius 3 is 2.71 bits per heavy atom. The first kappa shape index (κ1) is 16.4. The van der Waals surface area contributed by atoms with Gasteiger partial charge < -0.3 is 15.7 Å². The van der Waals surface area contributed by atoms with Crippen LogP contribution in [0.15, 0.2) is 42.5 Å². The highest BCUT2D eigenvalue weighted by atomic mass is 35.5. The quantitative estimate of drug-likeness (QED) is 0.728. The lowest BCUT2D eigenvalue weighted by Crippen LogP contribution is -2.40. The van der Waals surface area contributed by atoms with Crippen molar-refractivity contribution in [3.8, 4) is 0 Å². The third kappa shape index (κ3) is 3.25. The predicted molar refractivity (Wildman–Crippen MR) is 87.1 cm³/mol. The van der Waals surface area contributed by atoms with Crippen LogP contribution in [-0.2, 0) is 16.0 Å². The van der Waals surface area contributed by atoms with Crippen LogP contribution in [0.2, 0.25) is 5.02 Å². The second-order valence-corrected chi connectivity index (χ2v) is 5.91. The molecule has 2 amide bonds. The summed E-state index contributed by atoms with van der Waals surface area (Å²) in [6.45, 7) is 0. The van der Waals surface area contributed by atoms with Crippen LogP contribution in [0.4, 0.5) is 10.1 Å². The number of benzene rings is 2. The Bertz CT molecular complexity index is 812. The molecule has 2 unspecified atom stereocenters. The van der Waals surface area contributed by atoms with Crippen LogP contribution < -0.4 is 10.6 Å². The molecule has 0 spiro atoms.